The molecule has 1 N–H and O–H groups in total. The first-order chi connectivity index (χ1) is 14.6. The molecule has 1 saturated heterocycles. The lowest BCUT2D eigenvalue weighted by atomic mass is 9.92. The number of nitrogens with one attached hydrogen (secondary N) is 1. The molecule has 0 aromatic heterocycles. The van der Waals surface area contributed by atoms with E-state index in [4.69, 9.17) is 9.47 Å². The van der Waals surface area contributed by atoms with Crippen molar-refractivity contribution in [1.29, 1.82) is 0 Å². The van der Waals surface area contributed by atoms with Crippen LogP contribution in [-0.2, 0) is 14.3 Å². The summed E-state index contributed by atoms with van der Waals surface area (Å²) in [6.07, 6.45) is 2.58. The normalized spacial score (nSPS) is 17.9. The molecular weight excluding hydrogens is 382 g/mol. The Hall–Kier alpha value is -2.12. The summed E-state index contributed by atoms with van der Waals surface area (Å²) >= 11 is 0. The Morgan fingerprint density at radius 1 is 1.03 bits per heavy atom. The zero-order valence-electron chi connectivity index (χ0n) is 18.3. The van der Waals surface area contributed by atoms with E-state index in [1.807, 2.05) is 24.3 Å². The van der Waals surface area contributed by atoms with Crippen LogP contribution in [0.15, 0.2) is 24.3 Å². The van der Waals surface area contributed by atoms with Crippen LogP contribution in [0.1, 0.15) is 39.5 Å². The number of hydrogen-bond donors (Lipinski definition) is 1. The Kier molecular flexibility index (Phi) is 8.51. The monoisotopic (exact) mass is 417 g/mol. The summed E-state index contributed by atoms with van der Waals surface area (Å²) in [5, 5.41) is 3.09. The summed E-state index contributed by atoms with van der Waals surface area (Å²) in [6, 6.07) is 7.85. The van der Waals surface area contributed by atoms with E-state index in [2.05, 4.69) is 24.1 Å². The van der Waals surface area contributed by atoms with Crippen molar-refractivity contribution in [2.24, 2.45) is 5.92 Å². The van der Waals surface area contributed by atoms with Crippen LogP contribution in [0.25, 0.3) is 0 Å². The highest BCUT2D eigenvalue weighted by molar-refractivity contribution is 5.97. The second-order valence-electron chi connectivity index (χ2n) is 7.96. The molecule has 1 aromatic carbocycles. The van der Waals surface area contributed by atoms with Gasteiger partial charge in [0.15, 0.2) is 0 Å². The van der Waals surface area contributed by atoms with E-state index < -0.39 is 0 Å². The number of benzene rings is 1. The summed E-state index contributed by atoms with van der Waals surface area (Å²) in [5.41, 5.74) is 0.787. The van der Waals surface area contributed by atoms with E-state index in [9.17, 15) is 9.59 Å². The van der Waals surface area contributed by atoms with Crippen LogP contribution in [0.3, 0.4) is 0 Å². The molecule has 7 nitrogen and oxygen atoms in total. The number of anilines is 1. The highest BCUT2D eigenvalue weighted by atomic mass is 16.5. The maximum atomic E-state index is 12.7. The Balaban J connectivity index is 1.50. The summed E-state index contributed by atoms with van der Waals surface area (Å²) in [7, 11) is 0. The average Bonchev–Trinajstić information content (AvgIpc) is 2.80. The molecule has 7 heteroatoms. The van der Waals surface area contributed by atoms with E-state index in [-0.39, 0.29) is 24.7 Å². The summed E-state index contributed by atoms with van der Waals surface area (Å²) in [5.74, 6) is 1.16. The number of carbonyl (C=O) groups excluding carboxylic acids is 2. The molecular formula is C23H35N3O4. The molecule has 30 heavy (non-hydrogen) atoms. The van der Waals surface area contributed by atoms with Crippen LogP contribution in [0.2, 0.25) is 0 Å². The molecule has 0 saturated carbocycles. The molecule has 2 heterocycles. The van der Waals surface area contributed by atoms with Crippen molar-refractivity contribution >= 4 is 17.5 Å². The number of para-hydroxylation sites is 2. The lowest BCUT2D eigenvalue weighted by Gasteiger charge is -2.38. The molecule has 3 rings (SSSR count). The summed E-state index contributed by atoms with van der Waals surface area (Å²) in [4.78, 5) is 29.4. The number of fused-ring (bicyclic) bond motifs is 1. The van der Waals surface area contributed by atoms with Crippen LogP contribution in [0.4, 0.5) is 5.69 Å². The standard InChI is InChI=1S/C23H35N3O4/c1-3-18(4-2)20(25-11-14-29-15-12-25)17-24-22(27)9-10-23(28)26-13-16-30-21-8-6-5-7-19(21)26/h5-8,18,20H,3-4,9-17H2,1-2H3,(H,24,27). The van der Waals surface area contributed by atoms with Gasteiger partial charge in [-0.15, -0.1) is 0 Å². The van der Waals surface area contributed by atoms with Gasteiger partial charge in [0, 0.05) is 38.5 Å². The highest BCUT2D eigenvalue weighted by Gasteiger charge is 2.28. The fraction of sp³-hybridized carbons (Fsp3) is 0.652. The SMILES string of the molecule is CCC(CC)C(CNC(=O)CCC(=O)N1CCOc2ccccc21)N1CCOCC1. The lowest BCUT2D eigenvalue weighted by Crippen LogP contribution is -2.52. The van der Waals surface area contributed by atoms with Crippen molar-refractivity contribution in [1.82, 2.24) is 10.2 Å². The molecule has 166 valence electrons. The van der Waals surface area contributed by atoms with Gasteiger partial charge in [0.2, 0.25) is 11.8 Å². The van der Waals surface area contributed by atoms with Gasteiger partial charge in [0.25, 0.3) is 0 Å². The Morgan fingerprint density at radius 3 is 2.50 bits per heavy atom. The molecule has 1 fully saturated rings. The molecule has 0 radical (unpaired) electrons. The van der Waals surface area contributed by atoms with Gasteiger partial charge in [0.05, 0.1) is 25.4 Å². The van der Waals surface area contributed by atoms with Crippen molar-refractivity contribution < 1.29 is 19.1 Å². The number of carbonyl (C=O) groups is 2. The van der Waals surface area contributed by atoms with Crippen molar-refractivity contribution in [2.75, 3.05) is 50.9 Å². The van der Waals surface area contributed by atoms with E-state index in [0.717, 1.165) is 50.6 Å². The number of hydrogen-bond acceptors (Lipinski definition) is 5. The van der Waals surface area contributed by atoms with Gasteiger partial charge in [-0.2, -0.15) is 0 Å². The maximum Gasteiger partial charge on any atom is 0.227 e. The van der Waals surface area contributed by atoms with Crippen LogP contribution < -0.4 is 15.0 Å². The van der Waals surface area contributed by atoms with Crippen molar-refractivity contribution in [2.45, 2.75) is 45.6 Å². The van der Waals surface area contributed by atoms with Crippen molar-refractivity contribution in [3.63, 3.8) is 0 Å². The fourth-order valence-corrected chi connectivity index (χ4v) is 4.43. The predicted molar refractivity (Wildman–Crippen MR) is 117 cm³/mol. The number of nitrogens with zero attached hydrogens (tertiary/aromatic N) is 2. The second kappa shape index (κ2) is 11.3. The van der Waals surface area contributed by atoms with E-state index in [0.29, 0.717) is 31.7 Å². The first-order valence-electron chi connectivity index (χ1n) is 11.2. The van der Waals surface area contributed by atoms with Gasteiger partial charge in [-0.1, -0.05) is 38.8 Å². The first-order valence-corrected chi connectivity index (χ1v) is 11.2. The molecule has 0 spiro atoms. The Bertz CT molecular complexity index is 701. The van der Waals surface area contributed by atoms with Gasteiger partial charge in [-0.05, 0) is 18.1 Å². The van der Waals surface area contributed by atoms with Crippen LogP contribution in [0, 0.1) is 5.92 Å². The van der Waals surface area contributed by atoms with Gasteiger partial charge in [0.1, 0.15) is 12.4 Å². The Labute approximate surface area is 179 Å². The van der Waals surface area contributed by atoms with Gasteiger partial charge in [-0.3, -0.25) is 14.5 Å². The highest BCUT2D eigenvalue weighted by Crippen LogP contribution is 2.31. The predicted octanol–water partition coefficient (Wildman–Crippen LogP) is 2.45. The third-order valence-corrected chi connectivity index (χ3v) is 6.21. The zero-order valence-corrected chi connectivity index (χ0v) is 18.3. The van der Waals surface area contributed by atoms with Gasteiger partial charge >= 0.3 is 0 Å². The minimum Gasteiger partial charge on any atom is -0.490 e. The molecule has 2 amide bonds. The smallest absolute Gasteiger partial charge is 0.227 e. The minimum absolute atomic E-state index is 0.0365. The number of morpholine rings is 1. The largest absolute Gasteiger partial charge is 0.490 e. The molecule has 0 bridgehead atoms. The molecule has 2 aliphatic rings. The number of amides is 2. The van der Waals surface area contributed by atoms with Crippen molar-refractivity contribution in [3.05, 3.63) is 24.3 Å². The minimum atomic E-state index is -0.0610. The van der Waals surface area contributed by atoms with Crippen LogP contribution >= 0.6 is 0 Å². The quantitative estimate of drug-likeness (QED) is 0.668. The average molecular weight is 418 g/mol. The molecule has 1 aromatic rings. The lowest BCUT2D eigenvalue weighted by molar-refractivity contribution is -0.125. The maximum absolute atomic E-state index is 12.7. The van der Waals surface area contributed by atoms with E-state index in [1.54, 1.807) is 4.90 Å². The van der Waals surface area contributed by atoms with Crippen LogP contribution in [0.5, 0.6) is 5.75 Å². The second-order valence-corrected chi connectivity index (χ2v) is 7.96. The van der Waals surface area contributed by atoms with E-state index >= 15 is 0 Å². The Morgan fingerprint density at radius 2 is 1.77 bits per heavy atom. The summed E-state index contributed by atoms with van der Waals surface area (Å²) in [6.45, 7) is 9.36. The van der Waals surface area contributed by atoms with Gasteiger partial charge in [-0.25, -0.2) is 0 Å². The first kappa shape index (κ1) is 22.6. The third kappa shape index (κ3) is 5.73. The van der Waals surface area contributed by atoms with Crippen molar-refractivity contribution in [3.8, 4) is 5.75 Å². The topological polar surface area (TPSA) is 71.1 Å². The third-order valence-electron chi connectivity index (χ3n) is 6.21. The number of ether oxygens (including phenoxy) is 2. The fourth-order valence-electron chi connectivity index (χ4n) is 4.43. The molecule has 1 unspecified atom stereocenters. The zero-order chi connectivity index (χ0) is 21.3. The molecule has 1 atom stereocenters. The van der Waals surface area contributed by atoms with Crippen LogP contribution in [-0.4, -0.2) is 68.8 Å². The molecule has 0 aliphatic carbocycles. The van der Waals surface area contributed by atoms with Gasteiger partial charge < -0.3 is 19.7 Å². The molecule has 2 aliphatic heterocycles. The summed E-state index contributed by atoms with van der Waals surface area (Å²) < 4.78 is 11.1. The van der Waals surface area contributed by atoms with E-state index in [1.165, 1.54) is 0 Å². The number of rotatable bonds is 9.